The molecule has 0 aliphatic heterocycles. The zero-order valence-corrected chi connectivity index (χ0v) is 21.9. The third-order valence-corrected chi connectivity index (χ3v) is 4.46. The minimum atomic E-state index is -0.726. The Balaban J connectivity index is -0.000000963. The zero-order chi connectivity index (χ0) is 26.0. The molecule has 4 unspecified atom stereocenters. The second-order valence-electron chi connectivity index (χ2n) is 7.54. The molecule has 0 aromatic carbocycles. The quantitative estimate of drug-likeness (QED) is 0.108. The summed E-state index contributed by atoms with van der Waals surface area (Å²) in [7, 11) is 1.62. The molecule has 0 bridgehead atoms. The van der Waals surface area contributed by atoms with Gasteiger partial charge in [0.25, 0.3) is 0 Å². The summed E-state index contributed by atoms with van der Waals surface area (Å²) < 4.78 is 50.0. The first kappa shape index (κ1) is 47.8. The van der Waals surface area contributed by atoms with Crippen molar-refractivity contribution in [3.8, 4) is 0 Å². The van der Waals surface area contributed by atoms with Gasteiger partial charge in [-0.3, -0.25) is 0 Å². The molecular weight excluding hydrogens is 508 g/mol. The van der Waals surface area contributed by atoms with Gasteiger partial charge in [0.2, 0.25) is 0 Å². The van der Waals surface area contributed by atoms with E-state index in [-0.39, 0.29) is 61.2 Å². The van der Waals surface area contributed by atoms with E-state index in [1.165, 1.54) is 0 Å². The van der Waals surface area contributed by atoms with Crippen LogP contribution in [0.25, 0.3) is 0 Å². The first-order valence-electron chi connectivity index (χ1n) is 12.2. The van der Waals surface area contributed by atoms with Gasteiger partial charge in [-0.15, -0.1) is 13.2 Å². The van der Waals surface area contributed by atoms with Gasteiger partial charge < -0.3 is 47.7 Å². The summed E-state index contributed by atoms with van der Waals surface area (Å²) >= 11 is 0. The number of hydrogen-bond donors (Lipinski definition) is 1. The molecule has 0 aliphatic carbocycles. The van der Waals surface area contributed by atoms with Crippen LogP contribution in [-0.4, -0.2) is 129 Å². The average Bonchev–Trinajstić information content (AvgIpc) is 2.87. The van der Waals surface area contributed by atoms with Gasteiger partial charge in [0.1, 0.15) is 24.4 Å². The maximum Gasteiger partial charge on any atom is 0.104 e. The molecule has 0 radical (unpaired) electrons. The number of methoxy groups -OCH3 is 1. The van der Waals surface area contributed by atoms with E-state index in [0.717, 1.165) is 0 Å². The van der Waals surface area contributed by atoms with Gasteiger partial charge in [0.15, 0.2) is 0 Å². The maximum atomic E-state index is 9.93. The second-order valence-corrected chi connectivity index (χ2v) is 7.54. The predicted molar refractivity (Wildman–Crippen MR) is 160 cm³/mol. The van der Waals surface area contributed by atoms with E-state index in [2.05, 4.69) is 13.2 Å². The van der Waals surface area contributed by atoms with Crippen molar-refractivity contribution in [3.05, 3.63) is 25.3 Å². The summed E-state index contributed by atoms with van der Waals surface area (Å²) in [6.07, 6.45) is 1.88. The topological polar surface area (TPSA) is 103 Å². The summed E-state index contributed by atoms with van der Waals surface area (Å²) in [4.78, 5) is 0. The average molecular weight is 573 g/mol. The van der Waals surface area contributed by atoms with E-state index in [4.69, 9.17) is 42.6 Å². The van der Waals surface area contributed by atoms with Crippen LogP contribution in [0.5, 0.6) is 0 Å². The molecule has 10 heteroatoms. The molecule has 4 atom stereocenters. The van der Waals surface area contributed by atoms with Crippen LogP contribution in [0.2, 0.25) is 0 Å². The molecule has 240 valence electrons. The molecule has 0 rings (SSSR count). The molecule has 0 aromatic heterocycles. The van der Waals surface area contributed by atoms with Crippen LogP contribution in [0.3, 0.4) is 0 Å². The van der Waals surface area contributed by atoms with E-state index in [1.807, 2.05) is 13.8 Å². The zero-order valence-electron chi connectivity index (χ0n) is 21.9. The van der Waals surface area contributed by atoms with E-state index in [0.29, 0.717) is 79.3 Å². The third-order valence-electron chi connectivity index (χ3n) is 4.46. The van der Waals surface area contributed by atoms with Gasteiger partial charge in [0.05, 0.1) is 79.3 Å². The van der Waals surface area contributed by atoms with Crippen LogP contribution >= 0.6 is 0 Å². The molecule has 0 aromatic rings. The summed E-state index contributed by atoms with van der Waals surface area (Å²) in [6, 6.07) is 0. The highest BCUT2D eigenvalue weighted by Crippen LogP contribution is 2.02. The monoisotopic (exact) mass is 572 g/mol. The highest BCUT2D eigenvalue weighted by molar-refractivity contribution is 4.67. The van der Waals surface area contributed by atoms with Crippen molar-refractivity contribution in [3.63, 3.8) is 0 Å². The van der Waals surface area contributed by atoms with Crippen LogP contribution in [0.1, 0.15) is 43.6 Å². The Morgan fingerprint density at radius 3 is 1.41 bits per heavy atom. The number of ether oxygens (including phenoxy) is 9. The predicted octanol–water partition coefficient (Wildman–Crippen LogP) is 4.19. The summed E-state index contributed by atoms with van der Waals surface area (Å²) in [5.41, 5.74) is 0. The Morgan fingerprint density at radius 1 is 0.564 bits per heavy atom. The van der Waals surface area contributed by atoms with Crippen molar-refractivity contribution in [1.82, 2.24) is 0 Å². The van der Waals surface area contributed by atoms with Crippen LogP contribution in [-0.2, 0) is 42.6 Å². The van der Waals surface area contributed by atoms with Gasteiger partial charge in [-0.25, -0.2) is 0 Å². The lowest BCUT2D eigenvalue weighted by Crippen LogP contribution is -2.33. The van der Waals surface area contributed by atoms with Crippen LogP contribution in [0, 0.1) is 0 Å². The third kappa shape index (κ3) is 31.5. The highest BCUT2D eigenvalue weighted by Gasteiger charge is 2.16. The van der Waals surface area contributed by atoms with E-state index >= 15 is 0 Å². The van der Waals surface area contributed by atoms with Crippen molar-refractivity contribution >= 4 is 0 Å². The van der Waals surface area contributed by atoms with Gasteiger partial charge in [0, 0.05) is 20.3 Å². The normalized spacial score (nSPS) is 13.4. The number of aliphatic hydroxyl groups excluding tert-OH is 1. The van der Waals surface area contributed by atoms with Crippen LogP contribution in [0.4, 0.5) is 0 Å². The number of aliphatic hydroxyl groups is 1. The van der Waals surface area contributed by atoms with Crippen molar-refractivity contribution in [2.75, 3.05) is 99.6 Å². The largest absolute Gasteiger partial charge is 0.388 e. The summed E-state index contributed by atoms with van der Waals surface area (Å²) in [5, 5.41) is 9.93. The maximum absolute atomic E-state index is 9.93. The van der Waals surface area contributed by atoms with Gasteiger partial charge in [-0.2, -0.15) is 0 Å². The van der Waals surface area contributed by atoms with E-state index in [9.17, 15) is 5.11 Å². The smallest absolute Gasteiger partial charge is 0.104 e. The molecule has 39 heavy (non-hydrogen) atoms. The lowest BCUT2D eigenvalue weighted by atomic mass is 10.3. The first-order chi connectivity index (χ1) is 17.1. The molecule has 0 aliphatic rings. The molecule has 0 saturated carbocycles. The van der Waals surface area contributed by atoms with Gasteiger partial charge in [-0.05, 0) is 13.8 Å². The Labute approximate surface area is 240 Å². The summed E-state index contributed by atoms with van der Waals surface area (Å²) in [5.74, 6) is 0. The molecule has 10 nitrogen and oxygen atoms in total. The molecular formula is C29H64O10. The van der Waals surface area contributed by atoms with Crippen LogP contribution in [0.15, 0.2) is 25.3 Å². The SMILES string of the molecule is C.C.C.C.C=CCOCC(O)COC(COCC)COCCOCC(COCC)OCC(COCC=C)OC. The summed E-state index contributed by atoms with van der Waals surface area (Å²) in [6.45, 7) is 16.4. The second kappa shape index (κ2) is 37.1. The van der Waals surface area contributed by atoms with Gasteiger partial charge in [-0.1, -0.05) is 41.9 Å². The fourth-order valence-electron chi connectivity index (χ4n) is 2.63. The molecule has 1 N–H and O–H groups in total. The Kier molecular flexibility index (Phi) is 45.5. The number of hydrogen-bond acceptors (Lipinski definition) is 10. The Morgan fingerprint density at radius 2 is 0.974 bits per heavy atom. The lowest BCUT2D eigenvalue weighted by Gasteiger charge is -2.22. The Bertz CT molecular complexity index is 467. The lowest BCUT2D eigenvalue weighted by molar-refractivity contribution is -0.109. The standard InChI is InChI=1S/C25H48O10.4CH4/c1-6-10-30-14-22(26)15-34-24(17-28-8-3)19-32-12-13-33-20-25(18-29-9-4)35-21-23(27-5)16-31-11-7-2;;;;/h6-7,22-26H,1-2,8-21H2,3-5H3;4*1H4. The van der Waals surface area contributed by atoms with Gasteiger partial charge >= 0.3 is 0 Å². The first-order valence-corrected chi connectivity index (χ1v) is 12.2. The van der Waals surface area contributed by atoms with Crippen LogP contribution < -0.4 is 0 Å². The fourth-order valence-corrected chi connectivity index (χ4v) is 2.63. The van der Waals surface area contributed by atoms with E-state index in [1.54, 1.807) is 19.3 Å². The van der Waals surface area contributed by atoms with E-state index < -0.39 is 6.10 Å². The van der Waals surface area contributed by atoms with Crippen molar-refractivity contribution in [2.24, 2.45) is 0 Å². The molecule has 0 saturated heterocycles. The Hall–Kier alpha value is -0.920. The minimum absolute atomic E-state index is 0. The molecule has 0 heterocycles. The van der Waals surface area contributed by atoms with Crippen molar-refractivity contribution in [2.45, 2.75) is 68.0 Å². The molecule has 0 spiro atoms. The molecule has 0 fully saturated rings. The molecule has 0 amide bonds. The highest BCUT2D eigenvalue weighted by atomic mass is 16.6. The fraction of sp³-hybridized carbons (Fsp3) is 0.862. The van der Waals surface area contributed by atoms with Crippen molar-refractivity contribution < 1.29 is 47.7 Å². The van der Waals surface area contributed by atoms with Crippen molar-refractivity contribution in [1.29, 1.82) is 0 Å². The number of rotatable bonds is 28. The minimum Gasteiger partial charge on any atom is -0.388 e.